The minimum Gasteiger partial charge on any atom is -0.587 e. The molecule has 3 aromatic rings. The van der Waals surface area contributed by atoms with E-state index in [0.717, 1.165) is 10.4 Å². The lowest BCUT2D eigenvalue weighted by molar-refractivity contribution is 0.395. The van der Waals surface area contributed by atoms with E-state index < -0.39 is 11.4 Å². The molecule has 10 heteroatoms. The van der Waals surface area contributed by atoms with Crippen molar-refractivity contribution in [1.82, 2.24) is 5.43 Å². The molecule has 0 fully saturated rings. The van der Waals surface area contributed by atoms with Gasteiger partial charge in [0.2, 0.25) is 4.21 Å². The largest absolute Gasteiger partial charge is 0.587 e. The lowest BCUT2D eigenvalue weighted by Gasteiger charge is -2.11. The summed E-state index contributed by atoms with van der Waals surface area (Å²) in [6.45, 7) is 0. The lowest BCUT2D eigenvalue weighted by atomic mass is 10.1. The number of nitrogens with zero attached hydrogens (tertiary/aromatic N) is 1. The van der Waals surface area contributed by atoms with Crippen LogP contribution in [-0.2, 0) is 11.4 Å². The molecule has 0 aliphatic rings. The van der Waals surface area contributed by atoms with Gasteiger partial charge in [-0.05, 0) is 30.3 Å². The van der Waals surface area contributed by atoms with Gasteiger partial charge in [0.25, 0.3) is 0 Å². The molecule has 29 heavy (non-hydrogen) atoms. The molecule has 1 atom stereocenters. The fourth-order valence-corrected chi connectivity index (χ4v) is 4.75. The Balaban J connectivity index is 1.80. The van der Waals surface area contributed by atoms with Gasteiger partial charge in [-0.15, -0.1) is 0 Å². The van der Waals surface area contributed by atoms with E-state index >= 15 is 0 Å². The summed E-state index contributed by atoms with van der Waals surface area (Å²) >= 11 is -0.0308. The quantitative estimate of drug-likeness (QED) is 0.149. The average Bonchev–Trinajstić information content (AvgIpc) is 3.24. The lowest BCUT2D eigenvalue weighted by Crippen LogP contribution is -2.32. The molecule has 0 bridgehead atoms. The summed E-state index contributed by atoms with van der Waals surface area (Å²) in [6.07, 6.45) is 0. The Hall–Kier alpha value is -2.92. The normalized spacial score (nSPS) is 12.3. The molecule has 6 N–H and O–H groups in total. The van der Waals surface area contributed by atoms with Gasteiger partial charge in [0.1, 0.15) is 22.9 Å². The van der Waals surface area contributed by atoms with Gasteiger partial charge in [-0.25, -0.2) is 10.6 Å². The van der Waals surface area contributed by atoms with Crippen LogP contribution >= 0.6 is 11.3 Å². The van der Waals surface area contributed by atoms with E-state index in [-0.39, 0.29) is 0 Å². The van der Waals surface area contributed by atoms with Crippen LogP contribution in [0.4, 0.5) is 5.69 Å². The van der Waals surface area contributed by atoms with Crippen LogP contribution in [0.2, 0.25) is 0 Å². The number of thiophene rings is 1. The molecule has 1 aromatic heterocycles. The fraction of sp³-hybridized carbons (Fsp3) is 0.105. The zero-order chi connectivity index (χ0) is 20.8. The Labute approximate surface area is 175 Å². The molecule has 0 saturated carbocycles. The van der Waals surface area contributed by atoms with Gasteiger partial charge < -0.3 is 25.3 Å². The zero-order valence-corrected chi connectivity index (χ0v) is 17.5. The van der Waals surface area contributed by atoms with Crippen LogP contribution in [0.5, 0.6) is 11.5 Å². The highest BCUT2D eigenvalue weighted by Gasteiger charge is 2.18. The van der Waals surface area contributed by atoms with Crippen molar-refractivity contribution < 1.29 is 14.0 Å². The first-order valence-corrected chi connectivity index (χ1v) is 10.4. The molecule has 0 spiro atoms. The van der Waals surface area contributed by atoms with Gasteiger partial charge in [0.05, 0.1) is 19.9 Å². The van der Waals surface area contributed by atoms with Crippen molar-refractivity contribution in [3.8, 4) is 21.9 Å². The highest BCUT2D eigenvalue weighted by molar-refractivity contribution is 7.94. The first kappa shape index (κ1) is 20.8. The third-order valence-electron chi connectivity index (χ3n) is 4.05. The van der Waals surface area contributed by atoms with Gasteiger partial charge in [0, 0.05) is 28.1 Å². The average molecular weight is 432 g/mol. The summed E-state index contributed by atoms with van der Waals surface area (Å²) < 4.78 is 27.2. The summed E-state index contributed by atoms with van der Waals surface area (Å²) in [7, 11) is 3.21. The number of hydrazone groups is 1. The van der Waals surface area contributed by atoms with Crippen molar-refractivity contribution >= 4 is 34.2 Å². The van der Waals surface area contributed by atoms with E-state index in [1.165, 1.54) is 11.3 Å². The molecule has 0 radical (unpaired) electrons. The number of nitrogens with one attached hydrogen (secondary N) is 2. The van der Waals surface area contributed by atoms with E-state index in [0.29, 0.717) is 32.8 Å². The highest BCUT2D eigenvalue weighted by Crippen LogP contribution is 2.38. The number of hydrazine groups is 1. The Morgan fingerprint density at radius 2 is 1.93 bits per heavy atom. The minimum absolute atomic E-state index is 0.324. The van der Waals surface area contributed by atoms with Crippen molar-refractivity contribution in [2.75, 3.05) is 18.9 Å². The van der Waals surface area contributed by atoms with Crippen LogP contribution in [0, 0.1) is 0 Å². The number of ether oxygens (including phenoxy) is 2. The van der Waals surface area contributed by atoms with Gasteiger partial charge >= 0.3 is 0 Å². The van der Waals surface area contributed by atoms with E-state index in [4.69, 9.17) is 21.2 Å². The topological polar surface area (TPSA) is 130 Å². The van der Waals surface area contributed by atoms with Crippen LogP contribution in [0.25, 0.3) is 10.4 Å². The maximum atomic E-state index is 12.8. The summed E-state index contributed by atoms with van der Waals surface area (Å²) in [5.41, 5.74) is 4.65. The van der Waals surface area contributed by atoms with Crippen LogP contribution in [0.1, 0.15) is 5.56 Å². The SMILES string of the molecule is COc1ccc(-c2ccc([S+]([O-])Nc3cccc(/C(=N/N)NN)c3)s2)c(OC)c1. The Bertz CT molecular complexity index is 1010. The van der Waals surface area contributed by atoms with E-state index in [1.54, 1.807) is 38.5 Å². The van der Waals surface area contributed by atoms with Gasteiger partial charge in [-0.3, -0.25) is 0 Å². The van der Waals surface area contributed by atoms with Crippen molar-refractivity contribution in [3.63, 3.8) is 0 Å². The third-order valence-corrected chi connectivity index (χ3v) is 6.59. The van der Waals surface area contributed by atoms with Crippen LogP contribution in [0.3, 0.4) is 0 Å². The number of benzene rings is 2. The molecule has 3 rings (SSSR count). The van der Waals surface area contributed by atoms with Crippen LogP contribution in [-0.4, -0.2) is 24.6 Å². The molecule has 0 aliphatic carbocycles. The number of hydrogen-bond donors (Lipinski definition) is 4. The summed E-state index contributed by atoms with van der Waals surface area (Å²) in [4.78, 5) is 0.938. The van der Waals surface area contributed by atoms with E-state index in [2.05, 4.69) is 15.2 Å². The predicted octanol–water partition coefficient (Wildman–Crippen LogP) is 2.65. The number of amidine groups is 1. The molecule has 8 nitrogen and oxygen atoms in total. The predicted molar refractivity (Wildman–Crippen MR) is 117 cm³/mol. The molecule has 1 heterocycles. The number of rotatable bonds is 7. The van der Waals surface area contributed by atoms with Crippen LogP contribution < -0.4 is 31.3 Å². The first-order valence-electron chi connectivity index (χ1n) is 8.45. The number of hydrogen-bond acceptors (Lipinski definition) is 8. The molecular formula is C19H21N5O3S2. The highest BCUT2D eigenvalue weighted by atomic mass is 32.2. The summed E-state index contributed by atoms with van der Waals surface area (Å²) in [5.74, 6) is 12.4. The Morgan fingerprint density at radius 3 is 2.62 bits per heavy atom. The van der Waals surface area contributed by atoms with Crippen molar-refractivity contribution in [3.05, 3.63) is 60.2 Å². The van der Waals surface area contributed by atoms with Crippen molar-refractivity contribution in [2.24, 2.45) is 16.8 Å². The molecule has 0 amide bonds. The van der Waals surface area contributed by atoms with Gasteiger partial charge in [0.15, 0.2) is 5.84 Å². The second-order valence-corrected chi connectivity index (χ2v) is 8.28. The summed E-state index contributed by atoms with van der Waals surface area (Å²) in [5, 5.41) is 3.58. The number of anilines is 1. The van der Waals surface area contributed by atoms with E-state index in [1.807, 2.05) is 30.3 Å². The standard InChI is InChI=1S/C19H21N5O3S2/c1-26-14-6-7-15(16(11-14)27-2)17-8-9-18(28-17)29(25)24-13-5-3-4-12(10-13)19(22-20)23-21/h3-11,24H,20-21H2,1-2H3,(H,22,23). The second kappa shape index (κ2) is 9.52. The maximum absolute atomic E-state index is 12.8. The molecule has 2 aromatic carbocycles. The summed E-state index contributed by atoms with van der Waals surface area (Å²) in [6, 6.07) is 16.5. The molecular weight excluding hydrogens is 410 g/mol. The zero-order valence-electron chi connectivity index (χ0n) is 15.8. The molecule has 1 unspecified atom stereocenters. The minimum atomic E-state index is -1.45. The van der Waals surface area contributed by atoms with Gasteiger partial charge in [-0.1, -0.05) is 23.5 Å². The maximum Gasteiger partial charge on any atom is 0.234 e. The smallest absolute Gasteiger partial charge is 0.234 e. The van der Waals surface area contributed by atoms with Crippen molar-refractivity contribution in [1.29, 1.82) is 0 Å². The molecule has 0 saturated heterocycles. The fourth-order valence-electron chi connectivity index (χ4n) is 2.65. The Kier molecular flexibility index (Phi) is 6.83. The molecule has 152 valence electrons. The monoisotopic (exact) mass is 431 g/mol. The van der Waals surface area contributed by atoms with Crippen molar-refractivity contribution in [2.45, 2.75) is 4.21 Å². The van der Waals surface area contributed by atoms with Crippen LogP contribution in [0.15, 0.2) is 63.9 Å². The Morgan fingerprint density at radius 1 is 1.10 bits per heavy atom. The van der Waals surface area contributed by atoms with E-state index in [9.17, 15) is 4.55 Å². The number of methoxy groups -OCH3 is 2. The molecule has 0 aliphatic heterocycles. The second-order valence-electron chi connectivity index (χ2n) is 5.76. The van der Waals surface area contributed by atoms with Gasteiger partial charge in [-0.2, -0.15) is 5.10 Å². The number of nitrogens with two attached hydrogens (primary N) is 2. The third kappa shape index (κ3) is 4.74. The first-order chi connectivity index (χ1) is 14.1.